The maximum Gasteiger partial charge on any atom is 0.237 e. The maximum absolute atomic E-state index is 8.86. The first kappa shape index (κ1) is 10.6. The Balaban J connectivity index is 2.31. The normalized spacial score (nSPS) is 9.50. The van der Waals surface area contributed by atoms with Crippen molar-refractivity contribution in [3.8, 4) is 17.7 Å². The van der Waals surface area contributed by atoms with Crippen LogP contribution in [0.3, 0.4) is 0 Å². The van der Waals surface area contributed by atoms with Crippen LogP contribution < -0.4 is 4.74 Å². The Labute approximate surface area is 101 Å². The fourth-order valence-electron chi connectivity index (χ4n) is 1.12. The molecule has 0 bridgehead atoms. The molecule has 0 amide bonds. The van der Waals surface area contributed by atoms with E-state index in [9.17, 15) is 0 Å². The molecule has 0 aliphatic heterocycles. The van der Waals surface area contributed by atoms with E-state index in [4.69, 9.17) is 10.00 Å². The van der Waals surface area contributed by atoms with Crippen LogP contribution in [-0.2, 0) is 0 Å². The largest absolute Gasteiger partial charge is 0.436 e. The number of nitriles is 1. The van der Waals surface area contributed by atoms with Crippen molar-refractivity contribution < 1.29 is 4.74 Å². The molecule has 0 saturated heterocycles. The average molecular weight is 276 g/mol. The van der Waals surface area contributed by atoms with Crippen molar-refractivity contribution in [2.45, 2.75) is 0 Å². The van der Waals surface area contributed by atoms with Gasteiger partial charge < -0.3 is 4.74 Å². The van der Waals surface area contributed by atoms with Crippen LogP contribution in [0.15, 0.2) is 41.3 Å². The van der Waals surface area contributed by atoms with Gasteiger partial charge in [0.15, 0.2) is 0 Å². The molecule has 0 aromatic carbocycles. The van der Waals surface area contributed by atoms with Crippen molar-refractivity contribution in [3.05, 3.63) is 46.8 Å². The van der Waals surface area contributed by atoms with Gasteiger partial charge in [-0.1, -0.05) is 0 Å². The summed E-state index contributed by atoms with van der Waals surface area (Å²) in [5.74, 6) is 0.814. The van der Waals surface area contributed by atoms with Crippen molar-refractivity contribution in [1.29, 1.82) is 5.26 Å². The van der Waals surface area contributed by atoms with E-state index in [2.05, 4.69) is 25.9 Å². The van der Waals surface area contributed by atoms with Gasteiger partial charge in [0.1, 0.15) is 17.4 Å². The van der Waals surface area contributed by atoms with Gasteiger partial charge in [-0.25, -0.2) is 4.98 Å². The Morgan fingerprint density at radius 3 is 3.00 bits per heavy atom. The summed E-state index contributed by atoms with van der Waals surface area (Å²) in [4.78, 5) is 7.94. The zero-order valence-electron chi connectivity index (χ0n) is 8.09. The monoisotopic (exact) mass is 275 g/mol. The number of rotatable bonds is 2. The standard InChI is InChI=1S/C11H6BrN3O/c12-9-4-10(7-14-6-9)16-11-8(5-13)2-1-3-15-11/h1-4,6-7H. The summed E-state index contributed by atoms with van der Waals surface area (Å²) < 4.78 is 6.26. The lowest BCUT2D eigenvalue weighted by Gasteiger charge is -2.05. The first-order valence-corrected chi connectivity index (χ1v) is 5.22. The summed E-state index contributed by atoms with van der Waals surface area (Å²) in [7, 11) is 0. The topological polar surface area (TPSA) is 58.8 Å². The van der Waals surface area contributed by atoms with Crippen LogP contribution in [0.4, 0.5) is 0 Å². The van der Waals surface area contributed by atoms with Crippen molar-refractivity contribution in [1.82, 2.24) is 9.97 Å². The lowest BCUT2D eigenvalue weighted by atomic mass is 10.3. The maximum atomic E-state index is 8.86. The number of nitrogens with zero attached hydrogens (tertiary/aromatic N) is 3. The summed E-state index contributed by atoms with van der Waals surface area (Å²) in [6.45, 7) is 0. The molecular formula is C11H6BrN3O. The Morgan fingerprint density at radius 1 is 1.38 bits per heavy atom. The predicted octanol–water partition coefficient (Wildman–Crippen LogP) is 2.90. The third-order valence-corrected chi connectivity index (χ3v) is 2.22. The molecule has 0 N–H and O–H groups in total. The van der Waals surface area contributed by atoms with Gasteiger partial charge in [0.25, 0.3) is 0 Å². The van der Waals surface area contributed by atoms with Crippen LogP contribution in [0.5, 0.6) is 11.6 Å². The van der Waals surface area contributed by atoms with E-state index >= 15 is 0 Å². The molecule has 2 heterocycles. The first-order valence-electron chi connectivity index (χ1n) is 4.43. The molecule has 0 atom stereocenters. The molecule has 2 aromatic heterocycles. The van der Waals surface area contributed by atoms with Gasteiger partial charge in [0.2, 0.25) is 5.88 Å². The van der Waals surface area contributed by atoms with Crippen LogP contribution in [-0.4, -0.2) is 9.97 Å². The quantitative estimate of drug-likeness (QED) is 0.846. The van der Waals surface area contributed by atoms with Crippen LogP contribution in [0, 0.1) is 11.3 Å². The Hall–Kier alpha value is -1.93. The average Bonchev–Trinajstić information content (AvgIpc) is 2.30. The van der Waals surface area contributed by atoms with Gasteiger partial charge in [-0.3, -0.25) is 4.98 Å². The summed E-state index contributed by atoms with van der Waals surface area (Å²) in [6.07, 6.45) is 4.78. The third-order valence-electron chi connectivity index (χ3n) is 1.79. The highest BCUT2D eigenvalue weighted by atomic mass is 79.9. The van der Waals surface area contributed by atoms with Gasteiger partial charge in [-0.05, 0) is 34.1 Å². The fraction of sp³-hybridized carbons (Fsp3) is 0. The van der Waals surface area contributed by atoms with Crippen molar-refractivity contribution in [2.75, 3.05) is 0 Å². The lowest BCUT2D eigenvalue weighted by Crippen LogP contribution is -1.91. The highest BCUT2D eigenvalue weighted by Gasteiger charge is 2.05. The SMILES string of the molecule is N#Cc1cccnc1Oc1cncc(Br)c1. The molecule has 0 aliphatic carbocycles. The van der Waals surface area contributed by atoms with Gasteiger partial charge >= 0.3 is 0 Å². The molecule has 2 rings (SSSR count). The lowest BCUT2D eigenvalue weighted by molar-refractivity contribution is 0.459. The third kappa shape index (κ3) is 2.35. The zero-order chi connectivity index (χ0) is 11.4. The molecule has 0 fully saturated rings. The summed E-state index contributed by atoms with van der Waals surface area (Å²) in [5, 5.41) is 8.86. The van der Waals surface area contributed by atoms with Gasteiger partial charge in [0, 0.05) is 16.9 Å². The van der Waals surface area contributed by atoms with Crippen LogP contribution in [0.2, 0.25) is 0 Å². The molecule has 16 heavy (non-hydrogen) atoms. The van der Waals surface area contributed by atoms with E-state index in [-0.39, 0.29) is 5.88 Å². The molecule has 78 valence electrons. The van der Waals surface area contributed by atoms with E-state index in [1.54, 1.807) is 36.8 Å². The predicted molar refractivity (Wildman–Crippen MR) is 61.0 cm³/mol. The van der Waals surface area contributed by atoms with E-state index in [1.165, 1.54) is 0 Å². The van der Waals surface area contributed by atoms with Crippen LogP contribution >= 0.6 is 15.9 Å². The Morgan fingerprint density at radius 2 is 2.25 bits per heavy atom. The van der Waals surface area contributed by atoms with E-state index in [0.29, 0.717) is 11.3 Å². The van der Waals surface area contributed by atoms with E-state index in [0.717, 1.165) is 4.47 Å². The number of hydrogen-bond acceptors (Lipinski definition) is 4. The van der Waals surface area contributed by atoms with Gasteiger partial charge in [-0.2, -0.15) is 5.26 Å². The van der Waals surface area contributed by atoms with Crippen molar-refractivity contribution in [2.24, 2.45) is 0 Å². The second kappa shape index (κ2) is 4.73. The summed E-state index contributed by atoms with van der Waals surface area (Å²) in [5.41, 5.74) is 0.391. The van der Waals surface area contributed by atoms with Gasteiger partial charge in [-0.15, -0.1) is 0 Å². The Kier molecular flexibility index (Phi) is 3.13. The molecule has 0 spiro atoms. The second-order valence-corrected chi connectivity index (χ2v) is 3.82. The number of halogens is 1. The first-order chi connectivity index (χ1) is 7.79. The molecule has 0 aliphatic rings. The smallest absolute Gasteiger partial charge is 0.237 e. The van der Waals surface area contributed by atoms with Crippen LogP contribution in [0.25, 0.3) is 0 Å². The summed E-state index contributed by atoms with van der Waals surface area (Å²) in [6, 6.07) is 7.10. The molecule has 5 heteroatoms. The zero-order valence-corrected chi connectivity index (χ0v) is 9.68. The summed E-state index contributed by atoms with van der Waals surface area (Å²) >= 11 is 3.28. The number of aromatic nitrogens is 2. The van der Waals surface area contributed by atoms with Crippen molar-refractivity contribution >= 4 is 15.9 Å². The molecule has 0 radical (unpaired) electrons. The van der Waals surface area contributed by atoms with Crippen molar-refractivity contribution in [3.63, 3.8) is 0 Å². The van der Waals surface area contributed by atoms with E-state index in [1.807, 2.05) is 6.07 Å². The molecule has 2 aromatic rings. The van der Waals surface area contributed by atoms with E-state index < -0.39 is 0 Å². The highest BCUT2D eigenvalue weighted by Crippen LogP contribution is 2.23. The number of ether oxygens (including phenoxy) is 1. The van der Waals surface area contributed by atoms with Crippen LogP contribution in [0.1, 0.15) is 5.56 Å². The molecule has 4 nitrogen and oxygen atoms in total. The minimum atomic E-state index is 0.282. The minimum absolute atomic E-state index is 0.282. The Bertz CT molecular complexity index is 551. The fourth-order valence-corrected chi connectivity index (χ4v) is 1.46. The number of hydrogen-bond donors (Lipinski definition) is 0. The molecule has 0 saturated carbocycles. The number of pyridine rings is 2. The highest BCUT2D eigenvalue weighted by molar-refractivity contribution is 9.10. The van der Waals surface area contributed by atoms with Gasteiger partial charge in [0.05, 0.1) is 6.20 Å². The second-order valence-electron chi connectivity index (χ2n) is 2.91. The molecular weight excluding hydrogens is 270 g/mol. The minimum Gasteiger partial charge on any atom is -0.436 e. The molecule has 0 unspecified atom stereocenters.